The summed E-state index contributed by atoms with van der Waals surface area (Å²) < 4.78 is 3.44. The van der Waals surface area contributed by atoms with Gasteiger partial charge in [-0.1, -0.05) is 0 Å². The summed E-state index contributed by atoms with van der Waals surface area (Å²) in [6.07, 6.45) is 5.25. The maximum atomic E-state index is 11.5. The molecule has 0 saturated heterocycles. The summed E-state index contributed by atoms with van der Waals surface area (Å²) in [5, 5.41) is 20.7. The van der Waals surface area contributed by atoms with Crippen molar-refractivity contribution in [3.05, 3.63) is 57.1 Å². The zero-order chi connectivity index (χ0) is 23.6. The lowest BCUT2D eigenvalue weighted by Gasteiger charge is -2.17. The number of nitrogens with zero attached hydrogens (tertiary/aromatic N) is 8. The average molecular weight is 458 g/mol. The first-order chi connectivity index (χ1) is 16.4. The van der Waals surface area contributed by atoms with Gasteiger partial charge in [-0.3, -0.25) is 9.67 Å². The minimum absolute atomic E-state index is 0.228. The fraction of sp³-hybridized carbons (Fsp3) is 0.273. The van der Waals surface area contributed by atoms with E-state index < -0.39 is 5.69 Å². The lowest BCUT2D eigenvalue weighted by Crippen LogP contribution is -2.27. The van der Waals surface area contributed by atoms with Crippen molar-refractivity contribution in [3.8, 4) is 5.88 Å². The van der Waals surface area contributed by atoms with E-state index in [-0.39, 0.29) is 17.6 Å². The van der Waals surface area contributed by atoms with Crippen molar-refractivity contribution in [2.24, 2.45) is 12.0 Å². The largest absolute Gasteiger partial charge is 0.493 e. The quantitative estimate of drug-likeness (QED) is 0.354. The molecule has 3 N–H and O–H groups in total. The fourth-order valence-corrected chi connectivity index (χ4v) is 3.86. The highest BCUT2D eigenvalue weighted by Crippen LogP contribution is 2.26. The third-order valence-electron chi connectivity index (χ3n) is 6.05. The molecule has 0 spiro atoms. The third kappa shape index (κ3) is 3.31. The number of aromatic nitrogens is 8. The minimum atomic E-state index is -0.500. The first-order valence-electron chi connectivity index (χ1n) is 10.9. The standard InChI is InChI=1S/C22H22N10O2/c1-11-15-7-6-14(9-16(15)29-31(11)3)30(2)20-26-18-12(8-17-19(33)27-22(34)25-17)10-23-32(18)21(28-20)24-13-4-5-13/h6-10,13,33H,4-5H2,1-3H3,(H2,25,27,34). The molecule has 1 fully saturated rings. The molecular weight excluding hydrogens is 436 g/mol. The van der Waals surface area contributed by atoms with Crippen LogP contribution in [0, 0.1) is 6.92 Å². The van der Waals surface area contributed by atoms with Crippen LogP contribution in [0.4, 0.5) is 11.6 Å². The van der Waals surface area contributed by atoms with Crippen LogP contribution in [-0.2, 0) is 7.05 Å². The molecule has 5 aromatic rings. The Hall–Kier alpha value is -4.48. The van der Waals surface area contributed by atoms with E-state index in [9.17, 15) is 9.90 Å². The van der Waals surface area contributed by atoms with Crippen molar-refractivity contribution >= 4 is 34.3 Å². The van der Waals surface area contributed by atoms with Crippen LogP contribution < -0.4 is 21.4 Å². The zero-order valence-corrected chi connectivity index (χ0v) is 18.8. The highest BCUT2D eigenvalue weighted by molar-refractivity contribution is 5.85. The number of fused-ring (bicyclic) bond motifs is 2. The molecule has 34 heavy (non-hydrogen) atoms. The van der Waals surface area contributed by atoms with Gasteiger partial charge in [-0.25, -0.2) is 9.79 Å². The fourth-order valence-electron chi connectivity index (χ4n) is 3.86. The number of benzene rings is 1. The molecule has 0 amide bonds. The minimum Gasteiger partial charge on any atom is -0.493 e. The van der Waals surface area contributed by atoms with Gasteiger partial charge >= 0.3 is 5.69 Å². The van der Waals surface area contributed by atoms with Crippen LogP contribution in [0.15, 0.2) is 34.2 Å². The predicted octanol–water partition coefficient (Wildman–Crippen LogP) is 0.420. The number of aryl methyl sites for hydroxylation is 2. The Labute approximate surface area is 191 Å². The highest BCUT2D eigenvalue weighted by Gasteiger charge is 2.21. The Balaban J connectivity index is 1.53. The molecule has 0 bridgehead atoms. The van der Waals surface area contributed by atoms with E-state index in [1.165, 1.54) is 0 Å². The van der Waals surface area contributed by atoms with E-state index in [2.05, 4.69) is 20.2 Å². The average Bonchev–Trinajstić information content (AvgIpc) is 3.35. The number of hydrogen-bond donors (Lipinski definition) is 3. The predicted molar refractivity (Wildman–Crippen MR) is 125 cm³/mol. The Kier molecular flexibility index (Phi) is 4.31. The highest BCUT2D eigenvalue weighted by atomic mass is 16.3. The topological polar surface area (TPSA) is 145 Å². The number of rotatable bonds is 4. The van der Waals surface area contributed by atoms with Crippen LogP contribution in [0.3, 0.4) is 0 Å². The van der Waals surface area contributed by atoms with Crippen molar-refractivity contribution < 1.29 is 5.11 Å². The number of aromatic hydroxyl groups is 1. The number of anilines is 2. The van der Waals surface area contributed by atoms with Gasteiger partial charge < -0.3 is 15.0 Å². The summed E-state index contributed by atoms with van der Waals surface area (Å²) in [4.78, 5) is 32.4. The number of hydrogen-bond acceptors (Lipinski definition) is 8. The summed E-state index contributed by atoms with van der Waals surface area (Å²) in [6.45, 7) is 2.04. The molecule has 12 nitrogen and oxygen atoms in total. The van der Waals surface area contributed by atoms with E-state index in [0.717, 1.165) is 35.1 Å². The molecule has 172 valence electrons. The molecular formula is C22H22N10O2. The Morgan fingerprint density at radius 2 is 2.09 bits per heavy atom. The second-order valence-corrected chi connectivity index (χ2v) is 8.47. The van der Waals surface area contributed by atoms with E-state index in [1.54, 1.807) is 16.8 Å². The number of imidazole rings is 1. The second-order valence-electron chi connectivity index (χ2n) is 8.47. The van der Waals surface area contributed by atoms with Gasteiger partial charge in [-0.15, -0.1) is 0 Å². The smallest absolute Gasteiger partial charge is 0.326 e. The van der Waals surface area contributed by atoms with E-state index in [0.29, 0.717) is 22.4 Å². The molecule has 0 atom stereocenters. The molecule has 6 rings (SSSR count). The van der Waals surface area contributed by atoms with Gasteiger partial charge in [-0.2, -0.15) is 24.7 Å². The van der Waals surface area contributed by atoms with Crippen LogP contribution >= 0.6 is 0 Å². The molecule has 0 unspecified atom stereocenters. The van der Waals surface area contributed by atoms with Gasteiger partial charge in [0.2, 0.25) is 11.8 Å². The molecule has 0 radical (unpaired) electrons. The van der Waals surface area contributed by atoms with Crippen molar-refractivity contribution in [3.63, 3.8) is 0 Å². The van der Waals surface area contributed by atoms with Gasteiger partial charge in [-0.05, 0) is 44.0 Å². The number of aromatic amines is 2. The zero-order valence-electron chi connectivity index (χ0n) is 18.8. The van der Waals surface area contributed by atoms with Crippen LogP contribution in [-0.4, -0.2) is 57.5 Å². The molecule has 1 saturated carbocycles. The molecule has 1 aliphatic rings. The SMILES string of the molecule is Cc1c2ccc(N(C)c3nc(=NC4CC4)n4ncc(=Cc5[nH]c(=O)[nH]c5O)c4n3)cc2nn1C. The molecule has 0 aliphatic heterocycles. The molecule has 4 aromatic heterocycles. The molecule has 12 heteroatoms. The van der Waals surface area contributed by atoms with E-state index in [4.69, 9.17) is 15.0 Å². The monoisotopic (exact) mass is 458 g/mol. The number of nitrogens with one attached hydrogen (secondary N) is 2. The van der Waals surface area contributed by atoms with Crippen LogP contribution in [0.2, 0.25) is 0 Å². The van der Waals surface area contributed by atoms with Crippen molar-refractivity contribution in [2.75, 3.05) is 11.9 Å². The lowest BCUT2D eigenvalue weighted by atomic mass is 10.2. The van der Waals surface area contributed by atoms with Crippen LogP contribution in [0.25, 0.3) is 22.6 Å². The van der Waals surface area contributed by atoms with Crippen molar-refractivity contribution in [2.45, 2.75) is 25.8 Å². The lowest BCUT2D eigenvalue weighted by molar-refractivity contribution is 0.454. The maximum Gasteiger partial charge on any atom is 0.326 e. The van der Waals surface area contributed by atoms with Crippen molar-refractivity contribution in [1.82, 2.24) is 39.3 Å². The van der Waals surface area contributed by atoms with Gasteiger partial charge in [0.25, 0.3) is 5.62 Å². The van der Waals surface area contributed by atoms with Gasteiger partial charge in [0.1, 0.15) is 5.69 Å². The second kappa shape index (κ2) is 7.27. The van der Waals surface area contributed by atoms with Gasteiger partial charge in [0, 0.05) is 36.1 Å². The first-order valence-corrected chi connectivity index (χ1v) is 10.9. The molecule has 1 aliphatic carbocycles. The Morgan fingerprint density at radius 3 is 2.82 bits per heavy atom. The Morgan fingerprint density at radius 1 is 1.26 bits per heavy atom. The third-order valence-corrected chi connectivity index (χ3v) is 6.05. The number of H-pyrrole nitrogens is 2. The Bertz CT molecular complexity index is 1750. The van der Waals surface area contributed by atoms with Gasteiger partial charge in [0.05, 0.1) is 17.8 Å². The first kappa shape index (κ1) is 20.1. The summed E-state index contributed by atoms with van der Waals surface area (Å²) in [5.74, 6) is 0.193. The van der Waals surface area contributed by atoms with Gasteiger partial charge in [0.15, 0.2) is 5.65 Å². The van der Waals surface area contributed by atoms with Crippen LogP contribution in [0.1, 0.15) is 24.2 Å². The van der Waals surface area contributed by atoms with E-state index in [1.807, 2.05) is 48.8 Å². The molecule has 4 heterocycles. The normalized spacial score (nSPS) is 15.1. The summed E-state index contributed by atoms with van der Waals surface area (Å²) in [6, 6.07) is 6.28. The van der Waals surface area contributed by atoms with E-state index >= 15 is 0 Å². The summed E-state index contributed by atoms with van der Waals surface area (Å²) in [7, 11) is 3.81. The van der Waals surface area contributed by atoms with Crippen LogP contribution in [0.5, 0.6) is 5.88 Å². The van der Waals surface area contributed by atoms with Crippen molar-refractivity contribution in [1.29, 1.82) is 0 Å². The summed E-state index contributed by atoms with van der Waals surface area (Å²) in [5.41, 5.74) is 3.56. The summed E-state index contributed by atoms with van der Waals surface area (Å²) >= 11 is 0. The molecule has 1 aromatic carbocycles. The maximum absolute atomic E-state index is 11.5.